The van der Waals surface area contributed by atoms with Crippen molar-refractivity contribution >= 4 is 11.7 Å². The van der Waals surface area contributed by atoms with Crippen LogP contribution < -0.4 is 5.73 Å². The molecule has 4 nitrogen and oxygen atoms in total. The second kappa shape index (κ2) is 5.67. The number of alkyl halides is 6. The molecule has 1 aromatic carbocycles. The van der Waals surface area contributed by atoms with Crippen molar-refractivity contribution in [2.45, 2.75) is 24.9 Å². The molecule has 3 N–H and O–H groups in total. The summed E-state index contributed by atoms with van der Waals surface area (Å²) in [5, 5.41) is 9.29. The minimum atomic E-state index is -6.09. The summed E-state index contributed by atoms with van der Waals surface area (Å²) in [6.07, 6.45) is -12.2. The van der Waals surface area contributed by atoms with Gasteiger partial charge in [-0.3, -0.25) is 0 Å². The van der Waals surface area contributed by atoms with Crippen LogP contribution >= 0.6 is 0 Å². The normalized spacial score (nSPS) is 13.1. The molecule has 0 fully saturated rings. The molecule has 0 aromatic heterocycles. The van der Waals surface area contributed by atoms with Crippen molar-refractivity contribution in [3.8, 4) is 0 Å². The van der Waals surface area contributed by atoms with Crippen molar-refractivity contribution in [2.75, 3.05) is 12.3 Å². The predicted octanol–water partition coefficient (Wildman–Crippen LogP) is 2.76. The van der Waals surface area contributed by atoms with Crippen LogP contribution in [0.3, 0.4) is 0 Å². The van der Waals surface area contributed by atoms with Gasteiger partial charge in [-0.25, -0.2) is 4.79 Å². The first kappa shape index (κ1) is 18.1. The van der Waals surface area contributed by atoms with Crippen molar-refractivity contribution in [1.29, 1.82) is 0 Å². The number of aliphatic hydroxyl groups is 1. The van der Waals surface area contributed by atoms with Crippen LogP contribution in [0.25, 0.3) is 0 Å². The summed E-state index contributed by atoms with van der Waals surface area (Å²) in [5.74, 6) is -1.14. The number of carbonyl (C=O) groups excluding carboxylic acids is 1. The molecule has 22 heavy (non-hydrogen) atoms. The van der Waals surface area contributed by atoms with Gasteiger partial charge in [0.1, 0.15) is 0 Å². The third-order valence-electron chi connectivity index (χ3n) is 2.77. The average molecular weight is 331 g/mol. The second-order valence-electron chi connectivity index (χ2n) is 4.23. The Morgan fingerprint density at radius 2 is 1.68 bits per heavy atom. The summed E-state index contributed by atoms with van der Waals surface area (Å²) in [5.41, 5.74) is -3.32. The van der Waals surface area contributed by atoms with Crippen LogP contribution in [0.2, 0.25) is 0 Å². The van der Waals surface area contributed by atoms with E-state index in [4.69, 9.17) is 5.73 Å². The minimum absolute atomic E-state index is 0.138. The number of nitrogens with two attached hydrogens (primary N) is 1. The molecular formula is C12H11F6NO3. The third-order valence-corrected chi connectivity index (χ3v) is 2.77. The molecule has 0 atom stereocenters. The van der Waals surface area contributed by atoms with E-state index in [0.717, 1.165) is 6.07 Å². The maximum atomic E-state index is 12.8. The topological polar surface area (TPSA) is 72.5 Å². The quantitative estimate of drug-likeness (QED) is 0.507. The molecule has 0 aliphatic rings. The van der Waals surface area contributed by atoms with Gasteiger partial charge in [0.2, 0.25) is 0 Å². The van der Waals surface area contributed by atoms with Gasteiger partial charge in [-0.2, -0.15) is 26.3 Å². The van der Waals surface area contributed by atoms with E-state index < -0.39 is 40.7 Å². The molecule has 0 spiro atoms. The van der Waals surface area contributed by atoms with Crippen molar-refractivity contribution in [3.05, 3.63) is 29.3 Å². The van der Waals surface area contributed by atoms with Gasteiger partial charge in [0.15, 0.2) is 0 Å². The van der Waals surface area contributed by atoms with E-state index in [1.165, 1.54) is 6.92 Å². The smallest absolute Gasteiger partial charge is 0.430 e. The Morgan fingerprint density at radius 3 is 2.09 bits per heavy atom. The summed E-state index contributed by atoms with van der Waals surface area (Å²) >= 11 is 0. The van der Waals surface area contributed by atoms with Gasteiger partial charge >= 0.3 is 18.3 Å². The Hall–Kier alpha value is -1.97. The third kappa shape index (κ3) is 2.96. The fourth-order valence-corrected chi connectivity index (χ4v) is 1.68. The Morgan fingerprint density at radius 1 is 1.18 bits per heavy atom. The van der Waals surface area contributed by atoms with Crippen molar-refractivity contribution < 1.29 is 41.0 Å². The highest BCUT2D eigenvalue weighted by atomic mass is 19.4. The molecule has 10 heteroatoms. The van der Waals surface area contributed by atoms with E-state index in [0.29, 0.717) is 6.07 Å². The van der Waals surface area contributed by atoms with Crippen molar-refractivity contribution in [1.82, 2.24) is 0 Å². The number of halogens is 6. The lowest BCUT2D eigenvalue weighted by Crippen LogP contribution is -2.54. The standard InChI is InChI=1S/C12H11F6NO3/c1-2-22-9(20)6-3-4-8(19)7(5-6)10(21,11(13,14)15)12(16,17)18/h3-5,21H,2,19H2,1H3. The van der Waals surface area contributed by atoms with Gasteiger partial charge in [-0.05, 0) is 25.1 Å². The van der Waals surface area contributed by atoms with Gasteiger partial charge < -0.3 is 15.6 Å². The first-order valence-electron chi connectivity index (χ1n) is 5.79. The molecule has 0 amide bonds. The van der Waals surface area contributed by atoms with Crippen LogP contribution in [0.15, 0.2) is 18.2 Å². The largest absolute Gasteiger partial charge is 0.462 e. The van der Waals surface area contributed by atoms with E-state index in [1.807, 2.05) is 0 Å². The zero-order chi connectivity index (χ0) is 17.3. The number of esters is 1. The Kier molecular flexibility index (Phi) is 4.66. The second-order valence-corrected chi connectivity index (χ2v) is 4.23. The van der Waals surface area contributed by atoms with Crippen LogP contribution in [0.1, 0.15) is 22.8 Å². The van der Waals surface area contributed by atoms with Gasteiger partial charge in [0, 0.05) is 11.3 Å². The van der Waals surface area contributed by atoms with E-state index in [2.05, 4.69) is 4.74 Å². The Bertz CT molecular complexity index is 553. The average Bonchev–Trinajstić information content (AvgIpc) is 2.36. The Balaban J connectivity index is 3.57. The highest BCUT2D eigenvalue weighted by molar-refractivity contribution is 5.90. The number of ether oxygens (including phenoxy) is 1. The molecular weight excluding hydrogens is 320 g/mol. The summed E-state index contributed by atoms with van der Waals surface area (Å²) in [4.78, 5) is 11.4. The van der Waals surface area contributed by atoms with E-state index >= 15 is 0 Å². The molecule has 0 saturated heterocycles. The fourth-order valence-electron chi connectivity index (χ4n) is 1.68. The van der Waals surface area contributed by atoms with Gasteiger partial charge in [0.05, 0.1) is 12.2 Å². The van der Waals surface area contributed by atoms with Crippen LogP contribution in [0.4, 0.5) is 32.0 Å². The molecule has 1 aromatic rings. The molecule has 0 heterocycles. The van der Waals surface area contributed by atoms with Gasteiger partial charge in [-0.1, -0.05) is 0 Å². The maximum absolute atomic E-state index is 12.8. The van der Waals surface area contributed by atoms with Crippen LogP contribution in [0, 0.1) is 0 Å². The monoisotopic (exact) mass is 331 g/mol. The molecule has 124 valence electrons. The number of hydrogen-bond donors (Lipinski definition) is 2. The number of rotatable bonds is 3. The molecule has 0 aliphatic heterocycles. The Labute approximate surface area is 120 Å². The van der Waals surface area contributed by atoms with Crippen LogP contribution in [-0.4, -0.2) is 30.0 Å². The van der Waals surface area contributed by atoms with Crippen LogP contribution in [0.5, 0.6) is 0 Å². The number of nitrogen functional groups attached to an aromatic ring is 1. The summed E-state index contributed by atoms with van der Waals surface area (Å²) in [6, 6.07) is 1.77. The molecule has 0 bridgehead atoms. The lowest BCUT2D eigenvalue weighted by molar-refractivity contribution is -0.376. The molecule has 1 rings (SSSR count). The molecule has 0 radical (unpaired) electrons. The SMILES string of the molecule is CCOC(=O)c1ccc(N)c(C(O)(C(F)(F)F)C(F)(F)F)c1. The molecule has 0 saturated carbocycles. The van der Waals surface area contributed by atoms with Crippen molar-refractivity contribution in [3.63, 3.8) is 0 Å². The zero-order valence-corrected chi connectivity index (χ0v) is 11.0. The van der Waals surface area contributed by atoms with Gasteiger partial charge in [-0.15, -0.1) is 0 Å². The first-order valence-corrected chi connectivity index (χ1v) is 5.79. The lowest BCUT2D eigenvalue weighted by Gasteiger charge is -2.33. The maximum Gasteiger partial charge on any atom is 0.430 e. The molecule has 0 aliphatic carbocycles. The highest BCUT2D eigenvalue weighted by Gasteiger charge is 2.72. The summed E-state index contributed by atoms with van der Waals surface area (Å²) in [6.45, 7) is 1.26. The highest BCUT2D eigenvalue weighted by Crippen LogP contribution is 2.51. The summed E-state index contributed by atoms with van der Waals surface area (Å²) < 4.78 is 81.3. The lowest BCUT2D eigenvalue weighted by atomic mass is 9.89. The van der Waals surface area contributed by atoms with Crippen molar-refractivity contribution in [2.24, 2.45) is 0 Å². The fraction of sp³-hybridized carbons (Fsp3) is 0.417. The number of hydrogen-bond acceptors (Lipinski definition) is 4. The van der Waals surface area contributed by atoms with E-state index in [9.17, 15) is 36.2 Å². The van der Waals surface area contributed by atoms with E-state index in [-0.39, 0.29) is 12.7 Å². The van der Waals surface area contributed by atoms with Gasteiger partial charge in [0.25, 0.3) is 5.60 Å². The summed E-state index contributed by atoms with van der Waals surface area (Å²) in [7, 11) is 0. The first-order chi connectivity index (χ1) is 9.86. The molecule has 0 unspecified atom stereocenters. The number of carbonyl (C=O) groups is 1. The predicted molar refractivity (Wildman–Crippen MR) is 62.8 cm³/mol. The van der Waals surface area contributed by atoms with E-state index in [1.54, 1.807) is 0 Å². The number of benzene rings is 1. The zero-order valence-electron chi connectivity index (χ0n) is 11.0. The minimum Gasteiger partial charge on any atom is -0.462 e. The van der Waals surface area contributed by atoms with Crippen LogP contribution in [-0.2, 0) is 10.3 Å². The number of anilines is 1.